The highest BCUT2D eigenvalue weighted by molar-refractivity contribution is 5.78. The fourth-order valence-electron chi connectivity index (χ4n) is 4.56. The maximum atomic E-state index is 12.1. The van der Waals surface area contributed by atoms with Crippen LogP contribution in [0.2, 0.25) is 0 Å². The van der Waals surface area contributed by atoms with Crippen molar-refractivity contribution in [3.8, 4) is 5.75 Å². The molecule has 0 radical (unpaired) electrons. The summed E-state index contributed by atoms with van der Waals surface area (Å²) in [7, 11) is 0. The molecule has 4 rings (SSSR count). The summed E-state index contributed by atoms with van der Waals surface area (Å²) in [5.41, 5.74) is 4.47. The number of aromatic nitrogens is 2. The van der Waals surface area contributed by atoms with Crippen LogP contribution in [-0.4, -0.2) is 28.6 Å². The molecule has 0 spiro atoms. The van der Waals surface area contributed by atoms with Gasteiger partial charge in [-0.3, -0.25) is 4.79 Å². The van der Waals surface area contributed by atoms with Gasteiger partial charge in [-0.15, -0.1) is 0 Å². The van der Waals surface area contributed by atoms with E-state index in [0.29, 0.717) is 25.5 Å². The zero-order valence-corrected chi connectivity index (χ0v) is 21.5. The van der Waals surface area contributed by atoms with Crippen molar-refractivity contribution < 1.29 is 9.53 Å². The Kier molecular flexibility index (Phi) is 9.15. The van der Waals surface area contributed by atoms with Crippen LogP contribution in [0.4, 0.5) is 0 Å². The van der Waals surface area contributed by atoms with E-state index in [0.717, 1.165) is 60.4 Å². The van der Waals surface area contributed by atoms with Gasteiger partial charge < -0.3 is 14.6 Å². The summed E-state index contributed by atoms with van der Waals surface area (Å²) >= 11 is 0. The topological polar surface area (TPSA) is 56.1 Å². The number of ether oxygens (including phenoxy) is 1. The van der Waals surface area contributed by atoms with Gasteiger partial charge in [0.15, 0.2) is 0 Å². The zero-order valence-electron chi connectivity index (χ0n) is 21.5. The van der Waals surface area contributed by atoms with E-state index in [-0.39, 0.29) is 5.91 Å². The Bertz CT molecular complexity index is 1250. The summed E-state index contributed by atoms with van der Waals surface area (Å²) in [5, 5.41) is 3.04. The van der Waals surface area contributed by atoms with Crippen molar-refractivity contribution in [2.75, 3.05) is 13.2 Å². The monoisotopic (exact) mass is 483 g/mol. The van der Waals surface area contributed by atoms with Crippen molar-refractivity contribution in [2.45, 2.75) is 58.4 Å². The Labute approximate surface area is 214 Å². The lowest BCUT2D eigenvalue weighted by molar-refractivity contribution is -0.120. The van der Waals surface area contributed by atoms with Crippen LogP contribution in [0.25, 0.3) is 11.0 Å². The van der Waals surface area contributed by atoms with Crippen molar-refractivity contribution in [3.05, 3.63) is 95.8 Å². The quantitative estimate of drug-likeness (QED) is 0.227. The first-order valence-electron chi connectivity index (χ1n) is 13.1. The normalized spacial score (nSPS) is 11.2. The van der Waals surface area contributed by atoms with Crippen molar-refractivity contribution >= 4 is 16.9 Å². The van der Waals surface area contributed by atoms with Crippen molar-refractivity contribution in [1.82, 2.24) is 14.9 Å². The molecule has 0 saturated heterocycles. The number of carbonyl (C=O) groups excluding carboxylic acids is 1. The van der Waals surface area contributed by atoms with E-state index < -0.39 is 0 Å². The van der Waals surface area contributed by atoms with Gasteiger partial charge in [0.25, 0.3) is 0 Å². The minimum atomic E-state index is 0.0852. The highest BCUT2D eigenvalue weighted by atomic mass is 16.5. The second-order valence-corrected chi connectivity index (χ2v) is 9.53. The van der Waals surface area contributed by atoms with E-state index in [1.54, 1.807) is 0 Å². The number of fused-ring (bicyclic) bond motifs is 1. The number of nitrogens with zero attached hydrogens (tertiary/aromatic N) is 2. The number of aryl methyl sites for hydroxylation is 1. The predicted molar refractivity (Wildman–Crippen MR) is 146 cm³/mol. The molecule has 0 aliphatic rings. The van der Waals surface area contributed by atoms with Crippen molar-refractivity contribution in [2.24, 2.45) is 0 Å². The van der Waals surface area contributed by atoms with E-state index >= 15 is 0 Å². The molecule has 0 fully saturated rings. The molecular weight excluding hydrogens is 446 g/mol. The summed E-state index contributed by atoms with van der Waals surface area (Å²) in [6, 6.07) is 26.5. The molecular formula is C31H37N3O2. The molecule has 36 heavy (non-hydrogen) atoms. The molecule has 0 aliphatic heterocycles. The van der Waals surface area contributed by atoms with Crippen molar-refractivity contribution in [1.29, 1.82) is 0 Å². The first-order valence-corrected chi connectivity index (χ1v) is 13.1. The second-order valence-electron chi connectivity index (χ2n) is 9.53. The van der Waals surface area contributed by atoms with Gasteiger partial charge in [-0.05, 0) is 48.1 Å². The molecule has 0 saturated carbocycles. The number of hydrogen-bond acceptors (Lipinski definition) is 3. The van der Waals surface area contributed by atoms with Gasteiger partial charge in [0, 0.05) is 13.0 Å². The van der Waals surface area contributed by atoms with Crippen LogP contribution in [0.15, 0.2) is 78.9 Å². The lowest BCUT2D eigenvalue weighted by atomic mass is 10.0. The fraction of sp³-hybridized carbons (Fsp3) is 0.355. The van der Waals surface area contributed by atoms with Crippen LogP contribution in [0.3, 0.4) is 0 Å². The number of rotatable bonds is 13. The second kappa shape index (κ2) is 12.9. The Morgan fingerprint density at radius 2 is 1.67 bits per heavy atom. The van der Waals surface area contributed by atoms with Crippen LogP contribution in [0, 0.1) is 0 Å². The highest BCUT2D eigenvalue weighted by Gasteiger charge is 2.12. The Morgan fingerprint density at radius 1 is 0.917 bits per heavy atom. The number of benzene rings is 3. The third kappa shape index (κ3) is 6.97. The van der Waals surface area contributed by atoms with Gasteiger partial charge in [-0.2, -0.15) is 0 Å². The average Bonchev–Trinajstić information content (AvgIpc) is 3.24. The lowest BCUT2D eigenvalue weighted by Gasteiger charge is -2.15. The number of imidazole rings is 1. The van der Waals surface area contributed by atoms with E-state index in [4.69, 9.17) is 9.72 Å². The van der Waals surface area contributed by atoms with Gasteiger partial charge in [0.1, 0.15) is 18.2 Å². The summed E-state index contributed by atoms with van der Waals surface area (Å²) in [4.78, 5) is 17.1. The molecule has 5 nitrogen and oxygen atoms in total. The van der Waals surface area contributed by atoms with Gasteiger partial charge in [0.2, 0.25) is 5.91 Å². The number of carbonyl (C=O) groups is 1. The number of hydrogen-bond donors (Lipinski definition) is 1. The number of nitrogens with one attached hydrogen (secondary N) is 1. The highest BCUT2D eigenvalue weighted by Crippen LogP contribution is 2.26. The summed E-state index contributed by atoms with van der Waals surface area (Å²) < 4.78 is 8.51. The Balaban J connectivity index is 1.27. The van der Waals surface area contributed by atoms with Crippen LogP contribution < -0.4 is 10.1 Å². The van der Waals surface area contributed by atoms with Crippen molar-refractivity contribution in [3.63, 3.8) is 0 Å². The van der Waals surface area contributed by atoms with E-state index in [2.05, 4.69) is 60.1 Å². The minimum Gasteiger partial charge on any atom is -0.491 e. The SMILES string of the molecule is CC(C)c1ccccc1OCCn1c(CCCCCNC(=O)Cc2ccccc2)nc2ccccc21. The third-order valence-electron chi connectivity index (χ3n) is 6.45. The predicted octanol–water partition coefficient (Wildman–Crippen LogP) is 6.31. The molecule has 1 N–H and O–H groups in total. The number of amides is 1. The molecule has 4 aromatic rings. The average molecular weight is 484 g/mol. The smallest absolute Gasteiger partial charge is 0.224 e. The molecule has 5 heteroatoms. The zero-order chi connectivity index (χ0) is 25.2. The molecule has 3 aromatic carbocycles. The molecule has 188 valence electrons. The minimum absolute atomic E-state index is 0.0852. The number of para-hydroxylation sites is 3. The van der Waals surface area contributed by atoms with Crippen LogP contribution in [0.1, 0.15) is 56.0 Å². The first-order chi connectivity index (χ1) is 17.6. The Morgan fingerprint density at radius 3 is 2.50 bits per heavy atom. The van der Waals surface area contributed by atoms with E-state index in [1.807, 2.05) is 42.5 Å². The van der Waals surface area contributed by atoms with Crippen LogP contribution >= 0.6 is 0 Å². The maximum Gasteiger partial charge on any atom is 0.224 e. The molecule has 0 bridgehead atoms. The van der Waals surface area contributed by atoms with Gasteiger partial charge in [-0.1, -0.05) is 80.9 Å². The van der Waals surface area contributed by atoms with Crippen LogP contribution in [0.5, 0.6) is 5.75 Å². The summed E-state index contributed by atoms with van der Waals surface area (Å²) in [6.07, 6.45) is 4.40. The molecule has 0 aliphatic carbocycles. The Hall–Kier alpha value is -3.60. The molecule has 0 unspecified atom stereocenters. The maximum absolute atomic E-state index is 12.1. The number of unbranched alkanes of at least 4 members (excludes halogenated alkanes) is 2. The lowest BCUT2D eigenvalue weighted by Crippen LogP contribution is -2.26. The van der Waals surface area contributed by atoms with Gasteiger partial charge in [-0.25, -0.2) is 4.98 Å². The first kappa shape index (κ1) is 25.5. The summed E-state index contributed by atoms with van der Waals surface area (Å²) in [5.74, 6) is 2.58. The van der Waals surface area contributed by atoms with E-state index in [9.17, 15) is 4.79 Å². The molecule has 1 aromatic heterocycles. The van der Waals surface area contributed by atoms with Gasteiger partial charge in [0.05, 0.1) is 24.0 Å². The summed E-state index contributed by atoms with van der Waals surface area (Å²) in [6.45, 7) is 6.46. The largest absolute Gasteiger partial charge is 0.491 e. The fourth-order valence-corrected chi connectivity index (χ4v) is 4.56. The van der Waals surface area contributed by atoms with Gasteiger partial charge >= 0.3 is 0 Å². The molecule has 1 amide bonds. The van der Waals surface area contributed by atoms with E-state index in [1.165, 1.54) is 5.56 Å². The molecule has 0 atom stereocenters. The van der Waals surface area contributed by atoms with Crippen LogP contribution in [-0.2, 0) is 24.2 Å². The standard InChI is InChI=1S/C31H37N3O2/c1-24(2)26-15-8-11-18-29(26)36-22-21-34-28-17-10-9-16-27(28)33-30(34)19-7-4-12-20-32-31(35)23-25-13-5-3-6-14-25/h3,5-6,8-11,13-18,24H,4,7,12,19-23H2,1-2H3,(H,32,35). The molecule has 1 heterocycles. The third-order valence-corrected chi connectivity index (χ3v) is 6.45.